The molecule has 0 fully saturated rings. The quantitative estimate of drug-likeness (QED) is 0.435. The van der Waals surface area contributed by atoms with Crippen molar-refractivity contribution in [3.63, 3.8) is 0 Å². The number of halogens is 1. The molecule has 1 unspecified atom stereocenters. The Bertz CT molecular complexity index is 1380. The Morgan fingerprint density at radius 1 is 1.31 bits per heavy atom. The number of fused-ring (bicyclic) bond motifs is 2. The summed E-state index contributed by atoms with van der Waals surface area (Å²) in [5, 5.41) is 2.05. The average molecular weight is 492 g/mol. The molecule has 184 valence electrons. The molecule has 2 aromatic rings. The van der Waals surface area contributed by atoms with Crippen LogP contribution >= 0.6 is 10.9 Å². The first-order valence-electron chi connectivity index (χ1n) is 12.8. The summed E-state index contributed by atoms with van der Waals surface area (Å²) < 4.78 is 20.8. The number of carbonyl (C=O) groups excluding carboxylic acids is 1. The Hall–Kier alpha value is -2.37. The normalized spacial score (nSPS) is 24.9. The van der Waals surface area contributed by atoms with E-state index < -0.39 is 0 Å². The monoisotopic (exact) mass is 491 g/mol. The second kappa shape index (κ2) is 9.25. The van der Waals surface area contributed by atoms with Gasteiger partial charge in [-0.05, 0) is 97.1 Å². The number of pyridine rings is 1. The van der Waals surface area contributed by atoms with Crippen molar-refractivity contribution < 1.29 is 13.9 Å². The molecule has 3 aliphatic rings. The molecule has 5 rings (SSSR count). The van der Waals surface area contributed by atoms with Crippen LogP contribution in [0, 0.1) is 24.6 Å². The van der Waals surface area contributed by atoms with Crippen LogP contribution in [0.2, 0.25) is 0 Å². The first-order valence-corrected chi connectivity index (χ1v) is 13.8. The summed E-state index contributed by atoms with van der Waals surface area (Å²) in [6.07, 6.45) is 6.94. The average Bonchev–Trinajstić information content (AvgIpc) is 3.19. The van der Waals surface area contributed by atoms with Crippen molar-refractivity contribution in [3.8, 4) is 0 Å². The number of benzene rings is 1. The second-order valence-corrected chi connectivity index (χ2v) is 11.0. The first-order chi connectivity index (χ1) is 16.8. The summed E-state index contributed by atoms with van der Waals surface area (Å²) in [4.78, 5) is 17.7. The van der Waals surface area contributed by atoms with E-state index in [1.807, 2.05) is 6.92 Å². The van der Waals surface area contributed by atoms with E-state index in [9.17, 15) is 9.18 Å². The van der Waals surface area contributed by atoms with Crippen LogP contribution in [-0.2, 0) is 22.4 Å². The third-order valence-electron chi connectivity index (χ3n) is 8.38. The zero-order valence-electron chi connectivity index (χ0n) is 21.4. The minimum Gasteiger partial charge on any atom is -0.334 e. The number of allylic oxidation sites excluding steroid dienone is 2. The molecule has 5 heteroatoms. The van der Waals surface area contributed by atoms with Crippen molar-refractivity contribution in [2.45, 2.75) is 72.6 Å². The summed E-state index contributed by atoms with van der Waals surface area (Å²) in [6.45, 7) is 10.4. The predicted octanol–water partition coefficient (Wildman–Crippen LogP) is 6.93. The first kappa shape index (κ1) is 24.3. The van der Waals surface area contributed by atoms with Gasteiger partial charge in [0.15, 0.2) is 5.78 Å². The topological polar surface area (TPSA) is 39.2 Å². The van der Waals surface area contributed by atoms with Crippen LogP contribution in [0.25, 0.3) is 16.5 Å². The zero-order valence-corrected chi connectivity index (χ0v) is 22.2. The molecule has 0 N–H and O–H groups in total. The van der Waals surface area contributed by atoms with Crippen LogP contribution < -0.4 is 0 Å². The fourth-order valence-electron chi connectivity index (χ4n) is 6.40. The van der Waals surface area contributed by atoms with Crippen LogP contribution in [-0.4, -0.2) is 28.3 Å². The number of carbonyl (C=O) groups is 1. The van der Waals surface area contributed by atoms with Gasteiger partial charge in [-0.3, -0.25) is 4.79 Å². The van der Waals surface area contributed by atoms with Gasteiger partial charge in [-0.2, -0.15) is 0 Å². The van der Waals surface area contributed by atoms with Crippen molar-refractivity contribution in [1.29, 1.82) is 0 Å². The lowest BCUT2D eigenvalue weighted by molar-refractivity contribution is -0.114. The maximum absolute atomic E-state index is 14.9. The molecule has 1 aromatic heterocycles. The Kier molecular flexibility index (Phi) is 6.43. The van der Waals surface area contributed by atoms with Crippen molar-refractivity contribution in [2.75, 3.05) is 6.61 Å². The fourth-order valence-corrected chi connectivity index (χ4v) is 7.04. The number of nitrogens with zero attached hydrogens (tertiary/aromatic N) is 1. The Balaban J connectivity index is 1.80. The predicted molar refractivity (Wildman–Crippen MR) is 146 cm³/mol. The third kappa shape index (κ3) is 3.79. The maximum atomic E-state index is 14.9. The molecule has 0 saturated carbocycles. The molecular formula is C30H34FNO2S. The lowest BCUT2D eigenvalue weighted by Crippen LogP contribution is -2.28. The standard InChI is InChI=1S/C30H34FNO2S/c1-7-18-11-23-27-15(3)9-10-20-16(4)25(31)13-26(28(20)27)32-29(23)21(18)12-22-19(8-2)30(35-6)34-14-24(22)17(5)33/h12-13,15,18-19H,6-11,14H2,1-5H3/b21-12+/t15-,18?,19+/m0/s1. The van der Waals surface area contributed by atoms with Gasteiger partial charge in [0, 0.05) is 22.9 Å². The molecule has 3 atom stereocenters. The largest absolute Gasteiger partial charge is 0.334 e. The fraction of sp³-hybridized carbons (Fsp3) is 0.467. The van der Waals surface area contributed by atoms with Gasteiger partial charge in [-0.15, -0.1) is 10.9 Å². The van der Waals surface area contributed by atoms with Gasteiger partial charge < -0.3 is 4.74 Å². The number of ketones is 1. The van der Waals surface area contributed by atoms with E-state index in [1.165, 1.54) is 33.0 Å². The van der Waals surface area contributed by atoms with Crippen molar-refractivity contribution >= 4 is 44.1 Å². The van der Waals surface area contributed by atoms with E-state index in [2.05, 4.69) is 32.7 Å². The highest BCUT2D eigenvalue weighted by Crippen LogP contribution is 2.48. The number of hydrogen-bond donors (Lipinski definition) is 0. The van der Waals surface area contributed by atoms with E-state index in [4.69, 9.17) is 9.72 Å². The molecule has 3 nitrogen and oxygen atoms in total. The molecule has 1 aliphatic heterocycles. The van der Waals surface area contributed by atoms with Crippen molar-refractivity contribution in [2.24, 2.45) is 11.8 Å². The number of Topliss-reactive ketones (excluding diaryl/α,β-unsaturated/α-hetero) is 1. The van der Waals surface area contributed by atoms with E-state index in [1.54, 1.807) is 13.0 Å². The van der Waals surface area contributed by atoms with E-state index in [0.29, 0.717) is 11.8 Å². The summed E-state index contributed by atoms with van der Waals surface area (Å²) in [5.41, 5.74) is 9.34. The number of ether oxygens (including phenoxy) is 1. The molecule has 1 aromatic carbocycles. The van der Waals surface area contributed by atoms with Crippen LogP contribution in [0.4, 0.5) is 4.39 Å². The second-order valence-electron chi connectivity index (χ2n) is 10.3. The molecular weight excluding hydrogens is 457 g/mol. The van der Waals surface area contributed by atoms with E-state index in [-0.39, 0.29) is 24.1 Å². The van der Waals surface area contributed by atoms with Crippen molar-refractivity contribution in [3.05, 3.63) is 57.1 Å². The SMILES string of the molecule is C=S=C1OCC(C(C)=O)=C(/C=C2/c3nc4cc(F)c(C)c5c4c(c3CC2CC)[C@@H](C)CC5)[C@H]1CC. The minimum absolute atomic E-state index is 0.0173. The smallest absolute Gasteiger partial charge is 0.158 e. The number of rotatable bonds is 4. The molecule has 0 saturated heterocycles. The molecule has 0 amide bonds. The van der Waals surface area contributed by atoms with Gasteiger partial charge in [0.05, 0.1) is 17.8 Å². The summed E-state index contributed by atoms with van der Waals surface area (Å²) in [6, 6.07) is 1.63. The highest BCUT2D eigenvalue weighted by Gasteiger charge is 2.36. The van der Waals surface area contributed by atoms with Crippen LogP contribution in [0.5, 0.6) is 0 Å². The Morgan fingerprint density at radius 2 is 2.09 bits per heavy atom. The van der Waals surface area contributed by atoms with Crippen molar-refractivity contribution in [1.82, 2.24) is 4.98 Å². The molecule has 35 heavy (non-hydrogen) atoms. The lowest BCUT2D eigenvalue weighted by Gasteiger charge is -2.28. The van der Waals surface area contributed by atoms with Crippen LogP contribution in [0.3, 0.4) is 0 Å². The van der Waals surface area contributed by atoms with Crippen LogP contribution in [0.1, 0.15) is 80.8 Å². The zero-order chi connectivity index (χ0) is 25.0. The van der Waals surface area contributed by atoms with Gasteiger partial charge in [-0.25, -0.2) is 9.37 Å². The van der Waals surface area contributed by atoms with Gasteiger partial charge in [0.1, 0.15) is 10.9 Å². The molecule has 0 bridgehead atoms. The van der Waals surface area contributed by atoms with Gasteiger partial charge in [0.25, 0.3) is 0 Å². The number of aryl methyl sites for hydroxylation is 1. The summed E-state index contributed by atoms with van der Waals surface area (Å²) >= 11 is 0. The highest BCUT2D eigenvalue weighted by molar-refractivity contribution is 7.95. The highest BCUT2D eigenvalue weighted by atomic mass is 32.1. The maximum Gasteiger partial charge on any atom is 0.158 e. The summed E-state index contributed by atoms with van der Waals surface area (Å²) in [7, 11) is 1.38. The number of aromatic nitrogens is 1. The lowest BCUT2D eigenvalue weighted by atomic mass is 9.79. The molecule has 0 spiro atoms. The van der Waals surface area contributed by atoms with E-state index in [0.717, 1.165) is 70.6 Å². The summed E-state index contributed by atoms with van der Waals surface area (Å²) in [5.74, 6) is 4.63. The van der Waals surface area contributed by atoms with Crippen LogP contribution in [0.15, 0.2) is 23.3 Å². The third-order valence-corrected chi connectivity index (χ3v) is 9.06. The Morgan fingerprint density at radius 3 is 2.74 bits per heavy atom. The number of hydrogen-bond acceptors (Lipinski definition) is 3. The Labute approximate surface area is 211 Å². The van der Waals surface area contributed by atoms with E-state index >= 15 is 0 Å². The molecule has 2 heterocycles. The van der Waals surface area contributed by atoms with Gasteiger partial charge in [-0.1, -0.05) is 26.8 Å². The van der Waals surface area contributed by atoms with Gasteiger partial charge in [0.2, 0.25) is 0 Å². The van der Waals surface area contributed by atoms with Gasteiger partial charge >= 0.3 is 0 Å². The molecule has 2 aliphatic carbocycles. The minimum atomic E-state index is -0.167. The molecule has 0 radical (unpaired) electrons.